The van der Waals surface area contributed by atoms with E-state index in [0.717, 1.165) is 11.3 Å². The van der Waals surface area contributed by atoms with Crippen molar-refractivity contribution in [1.82, 2.24) is 10.2 Å². The second-order valence-corrected chi connectivity index (χ2v) is 6.18. The number of likely N-dealkylation sites (tertiary alicyclic amines) is 1. The Hall–Kier alpha value is -1.53. The molecule has 2 amide bonds. The minimum absolute atomic E-state index is 0.0141. The predicted octanol–water partition coefficient (Wildman–Crippen LogP) is 1.09. The Kier molecular flexibility index (Phi) is 5.25. The van der Waals surface area contributed by atoms with Gasteiger partial charge in [0.25, 0.3) is 5.91 Å². The molecule has 2 rings (SSSR count). The molecule has 0 radical (unpaired) electrons. The predicted molar refractivity (Wildman–Crippen MR) is 84.3 cm³/mol. The van der Waals surface area contributed by atoms with Crippen LogP contribution in [0.25, 0.3) is 0 Å². The van der Waals surface area contributed by atoms with Crippen LogP contribution in [0, 0.1) is 0 Å². The molecule has 1 saturated heterocycles. The van der Waals surface area contributed by atoms with Crippen molar-refractivity contribution in [3.8, 4) is 0 Å². The summed E-state index contributed by atoms with van der Waals surface area (Å²) in [5, 5.41) is 2.67. The molecule has 2 unspecified atom stereocenters. The van der Waals surface area contributed by atoms with Gasteiger partial charge >= 0.3 is 0 Å². The number of nitrogens with zero attached hydrogens (tertiary/aromatic N) is 1. The van der Waals surface area contributed by atoms with Crippen LogP contribution in [0.4, 0.5) is 0 Å². The minimum Gasteiger partial charge on any atom is -0.343 e. The van der Waals surface area contributed by atoms with Gasteiger partial charge in [0.15, 0.2) is 0 Å². The van der Waals surface area contributed by atoms with Gasteiger partial charge in [0, 0.05) is 29.1 Å². The average molecular weight is 307 g/mol. The number of rotatable bonds is 4. The second-order valence-electron chi connectivity index (χ2n) is 5.30. The highest BCUT2D eigenvalue weighted by Gasteiger charge is 2.30. The van der Waals surface area contributed by atoms with Crippen LogP contribution >= 0.6 is 11.8 Å². The lowest BCUT2D eigenvalue weighted by atomic mass is 10.2. The number of nitrogens with two attached hydrogens (primary N) is 1. The fourth-order valence-corrected chi connectivity index (χ4v) is 2.93. The van der Waals surface area contributed by atoms with Crippen molar-refractivity contribution in [2.45, 2.75) is 30.3 Å². The first-order chi connectivity index (χ1) is 10.0. The monoisotopic (exact) mass is 307 g/mol. The van der Waals surface area contributed by atoms with E-state index < -0.39 is 0 Å². The van der Waals surface area contributed by atoms with E-state index in [4.69, 9.17) is 5.73 Å². The van der Waals surface area contributed by atoms with Gasteiger partial charge in [-0.3, -0.25) is 9.59 Å². The largest absolute Gasteiger partial charge is 0.343 e. The second kappa shape index (κ2) is 6.95. The summed E-state index contributed by atoms with van der Waals surface area (Å²) >= 11 is 1.62. The maximum absolute atomic E-state index is 12.1. The number of carbonyl (C=O) groups excluding carboxylic acids is 2. The SMILES string of the molecule is CSc1ccc(C(=O)NCC(=O)N2CC(N)CC2C)cc1. The first-order valence-corrected chi connectivity index (χ1v) is 8.21. The molecule has 1 aromatic rings. The van der Waals surface area contributed by atoms with E-state index in [-0.39, 0.29) is 30.4 Å². The molecule has 0 bridgehead atoms. The highest BCUT2D eigenvalue weighted by molar-refractivity contribution is 7.98. The molecule has 1 aliphatic rings. The Morgan fingerprint density at radius 2 is 2.05 bits per heavy atom. The quantitative estimate of drug-likeness (QED) is 0.817. The first-order valence-electron chi connectivity index (χ1n) is 6.98. The van der Waals surface area contributed by atoms with E-state index in [2.05, 4.69) is 5.32 Å². The number of benzene rings is 1. The smallest absolute Gasteiger partial charge is 0.251 e. The Bertz CT molecular complexity index is 518. The third-order valence-electron chi connectivity index (χ3n) is 3.68. The van der Waals surface area contributed by atoms with Crippen molar-refractivity contribution >= 4 is 23.6 Å². The normalized spacial score (nSPS) is 21.4. The summed E-state index contributed by atoms with van der Waals surface area (Å²) in [6, 6.07) is 7.50. The van der Waals surface area contributed by atoms with Gasteiger partial charge < -0.3 is 16.0 Å². The van der Waals surface area contributed by atoms with E-state index in [0.29, 0.717) is 12.1 Å². The van der Waals surface area contributed by atoms with Crippen molar-refractivity contribution < 1.29 is 9.59 Å². The summed E-state index contributed by atoms with van der Waals surface area (Å²) < 4.78 is 0. The topological polar surface area (TPSA) is 75.4 Å². The van der Waals surface area contributed by atoms with Crippen molar-refractivity contribution in [2.75, 3.05) is 19.3 Å². The molecular weight excluding hydrogens is 286 g/mol. The number of hydrogen-bond acceptors (Lipinski definition) is 4. The Balaban J connectivity index is 1.87. The fraction of sp³-hybridized carbons (Fsp3) is 0.467. The zero-order chi connectivity index (χ0) is 15.4. The highest BCUT2D eigenvalue weighted by Crippen LogP contribution is 2.16. The molecule has 5 nitrogen and oxygen atoms in total. The molecule has 1 fully saturated rings. The third kappa shape index (κ3) is 3.98. The molecular formula is C15H21N3O2S. The molecule has 1 heterocycles. The lowest BCUT2D eigenvalue weighted by Gasteiger charge is -2.21. The molecule has 0 aromatic heterocycles. The Morgan fingerprint density at radius 3 is 2.57 bits per heavy atom. The van der Waals surface area contributed by atoms with E-state index in [1.54, 1.807) is 28.8 Å². The van der Waals surface area contributed by atoms with Crippen LogP contribution in [0.2, 0.25) is 0 Å². The lowest BCUT2D eigenvalue weighted by Crippen LogP contribution is -2.42. The number of thioether (sulfide) groups is 1. The Morgan fingerprint density at radius 1 is 1.38 bits per heavy atom. The van der Waals surface area contributed by atoms with Crippen LogP contribution in [-0.2, 0) is 4.79 Å². The van der Waals surface area contributed by atoms with Gasteiger partial charge in [-0.1, -0.05) is 0 Å². The lowest BCUT2D eigenvalue weighted by molar-refractivity contribution is -0.130. The molecule has 21 heavy (non-hydrogen) atoms. The maximum atomic E-state index is 12.1. The summed E-state index contributed by atoms with van der Waals surface area (Å²) in [5.74, 6) is -0.309. The Labute approximate surface area is 129 Å². The fourth-order valence-electron chi connectivity index (χ4n) is 2.52. The summed E-state index contributed by atoms with van der Waals surface area (Å²) in [5.41, 5.74) is 6.41. The number of hydrogen-bond donors (Lipinski definition) is 2. The highest BCUT2D eigenvalue weighted by atomic mass is 32.2. The van der Waals surface area contributed by atoms with Gasteiger partial charge in [-0.15, -0.1) is 11.8 Å². The third-order valence-corrected chi connectivity index (χ3v) is 4.42. The van der Waals surface area contributed by atoms with E-state index >= 15 is 0 Å². The first kappa shape index (κ1) is 15.9. The molecule has 0 spiro atoms. The molecule has 0 saturated carbocycles. The number of carbonyl (C=O) groups is 2. The number of nitrogens with one attached hydrogen (secondary N) is 1. The van der Waals surface area contributed by atoms with Crippen molar-refractivity contribution in [1.29, 1.82) is 0 Å². The van der Waals surface area contributed by atoms with Gasteiger partial charge in [-0.2, -0.15) is 0 Å². The molecule has 6 heteroatoms. The summed E-state index contributed by atoms with van der Waals surface area (Å²) in [6.45, 7) is 2.56. The van der Waals surface area contributed by atoms with E-state index in [9.17, 15) is 9.59 Å². The van der Waals surface area contributed by atoms with Gasteiger partial charge in [-0.25, -0.2) is 0 Å². The van der Waals surface area contributed by atoms with E-state index in [1.807, 2.05) is 25.3 Å². The minimum atomic E-state index is -0.229. The summed E-state index contributed by atoms with van der Waals surface area (Å²) in [4.78, 5) is 26.9. The molecule has 114 valence electrons. The summed E-state index contributed by atoms with van der Waals surface area (Å²) in [7, 11) is 0. The zero-order valence-corrected chi connectivity index (χ0v) is 13.2. The van der Waals surface area contributed by atoms with Crippen LogP contribution in [-0.4, -0.2) is 48.1 Å². The molecule has 2 atom stereocenters. The standard InChI is InChI=1S/C15H21N3O2S/c1-10-7-12(16)9-18(10)14(19)8-17-15(20)11-3-5-13(21-2)6-4-11/h3-6,10,12H,7-9,16H2,1-2H3,(H,17,20). The van der Waals surface area contributed by atoms with Gasteiger partial charge in [-0.05, 0) is 43.9 Å². The van der Waals surface area contributed by atoms with Crippen molar-refractivity contribution in [2.24, 2.45) is 5.73 Å². The molecule has 1 aliphatic heterocycles. The van der Waals surface area contributed by atoms with E-state index in [1.165, 1.54) is 0 Å². The molecule has 1 aromatic carbocycles. The van der Waals surface area contributed by atoms with Crippen molar-refractivity contribution in [3.05, 3.63) is 29.8 Å². The average Bonchev–Trinajstić information content (AvgIpc) is 2.83. The summed E-state index contributed by atoms with van der Waals surface area (Å²) in [6.07, 6.45) is 2.80. The van der Waals surface area contributed by atoms with Crippen molar-refractivity contribution in [3.63, 3.8) is 0 Å². The van der Waals surface area contributed by atoms with Gasteiger partial charge in [0.1, 0.15) is 0 Å². The maximum Gasteiger partial charge on any atom is 0.251 e. The van der Waals surface area contributed by atoms with Gasteiger partial charge in [0.2, 0.25) is 5.91 Å². The molecule has 3 N–H and O–H groups in total. The molecule has 0 aliphatic carbocycles. The van der Waals surface area contributed by atoms with Crippen LogP contribution < -0.4 is 11.1 Å². The van der Waals surface area contributed by atoms with Crippen LogP contribution in [0.1, 0.15) is 23.7 Å². The van der Waals surface area contributed by atoms with Crippen LogP contribution in [0.5, 0.6) is 0 Å². The zero-order valence-electron chi connectivity index (χ0n) is 12.3. The number of amides is 2. The van der Waals surface area contributed by atoms with Crippen LogP contribution in [0.15, 0.2) is 29.2 Å². The van der Waals surface area contributed by atoms with Gasteiger partial charge in [0.05, 0.1) is 6.54 Å². The van der Waals surface area contributed by atoms with Crippen LogP contribution in [0.3, 0.4) is 0 Å².